The number of fused-ring (bicyclic) bond motifs is 1. The van der Waals surface area contributed by atoms with E-state index in [0.29, 0.717) is 29.5 Å². The molecule has 6 nitrogen and oxygen atoms in total. The smallest absolute Gasteiger partial charge is 0.261 e. The fraction of sp³-hybridized carbons (Fsp3) is 0.824. The molecule has 1 atom stereocenters. The van der Waals surface area contributed by atoms with Crippen molar-refractivity contribution < 1.29 is 14.4 Å². The first kappa shape index (κ1) is 56.9. The molecule has 3 N–H and O–H groups in total. The zero-order valence-corrected chi connectivity index (χ0v) is 40.4. The number of nitrogens with one attached hydrogen (secondary N) is 1. The van der Waals surface area contributed by atoms with E-state index in [9.17, 15) is 14.4 Å². The Bertz CT molecular complexity index is 1060. The van der Waals surface area contributed by atoms with Gasteiger partial charge in [-0.2, -0.15) is 0 Å². The highest BCUT2D eigenvalue weighted by atomic mass is 16.2. The maximum atomic E-state index is 11.7. The number of nitrogens with two attached hydrogens (primary N) is 1. The number of imide groups is 1. The number of rotatable bonds is 3. The van der Waals surface area contributed by atoms with Gasteiger partial charge in [0.1, 0.15) is 0 Å². The number of primary amides is 1. The molecule has 2 heterocycles. The summed E-state index contributed by atoms with van der Waals surface area (Å²) in [5, 5.41) is 3.33. The van der Waals surface area contributed by atoms with Crippen LogP contribution in [-0.2, 0) is 4.79 Å². The highest BCUT2D eigenvalue weighted by molar-refractivity contribution is 6.21. The lowest BCUT2D eigenvalue weighted by Crippen LogP contribution is -2.30. The molecule has 2 aliphatic heterocycles. The Morgan fingerprint density at radius 2 is 0.982 bits per heavy atom. The molecule has 6 aliphatic rings. The fourth-order valence-electron chi connectivity index (χ4n) is 5.91. The van der Waals surface area contributed by atoms with E-state index in [4.69, 9.17) is 0 Å². The fourth-order valence-corrected chi connectivity index (χ4v) is 5.91. The summed E-state index contributed by atoms with van der Waals surface area (Å²) in [5.41, 5.74) is 6.22. The van der Waals surface area contributed by atoms with Crippen molar-refractivity contribution in [1.82, 2.24) is 10.2 Å². The molecule has 57 heavy (non-hydrogen) atoms. The minimum atomic E-state index is -0.245. The largest absolute Gasteiger partial charge is 0.370 e. The van der Waals surface area contributed by atoms with Crippen LogP contribution in [0.3, 0.4) is 0 Å². The number of hydrogen-bond donors (Lipinski definition) is 2. The molecule has 1 aromatic rings. The molecule has 6 heteroatoms. The van der Waals surface area contributed by atoms with Gasteiger partial charge in [0.25, 0.3) is 11.8 Å². The predicted molar refractivity (Wildman–Crippen MR) is 250 cm³/mol. The van der Waals surface area contributed by atoms with E-state index in [1.54, 1.807) is 31.2 Å². The molecule has 1 aromatic carbocycles. The lowest BCUT2D eigenvalue weighted by atomic mass is 9.88. The predicted octanol–water partition coefficient (Wildman–Crippen LogP) is 14.3. The molecule has 7 rings (SSSR count). The molecule has 0 spiro atoms. The Balaban J connectivity index is 0. The molecule has 0 bridgehead atoms. The average Bonchev–Trinajstić information content (AvgIpc) is 3.70. The third kappa shape index (κ3) is 37.8. The molecule has 0 aromatic heterocycles. The highest BCUT2D eigenvalue weighted by Gasteiger charge is 2.34. The van der Waals surface area contributed by atoms with Crippen LogP contribution in [0, 0.1) is 40.9 Å². The standard InChI is InChI=1S/C11H11NO2.C7H14.C6H13N.C6H12.C5H10.C5H12.C4H8.C4H10.C3H7NO/c1-2-7-12-10(13)8-5-3-4-6-9(8)11(12)14;1-7-5-3-2-4-6-7;1-6-3-2-4-7-5-6;1-6-4-2-3-5-6;1-5-3-2-4-5;1-5(2,3)4;1-4-2-3-4;1-4(2)3;1-2-3(4)5/h3-6H,2,7H2,1H3;7H,2-6H2,1H3;6-7H,2-5H2,1H3;6H,2-5H2,1H3;5H,2-4H2,1H3;1-4H3;4H,2-3H2,1H3;4H,1-3H3;2H2,1H3,(H2,4,5)/t;;6-;;;;;;/m..1....../s1. The van der Waals surface area contributed by atoms with Gasteiger partial charge in [-0.15, -0.1) is 0 Å². The van der Waals surface area contributed by atoms with Gasteiger partial charge < -0.3 is 11.1 Å². The van der Waals surface area contributed by atoms with E-state index >= 15 is 0 Å². The van der Waals surface area contributed by atoms with Gasteiger partial charge >= 0.3 is 0 Å². The first-order valence-electron chi connectivity index (χ1n) is 23.7. The monoisotopic (exact) mass is 800 g/mol. The van der Waals surface area contributed by atoms with Crippen molar-refractivity contribution in [3.05, 3.63) is 35.4 Å². The average molecular weight is 800 g/mol. The van der Waals surface area contributed by atoms with Crippen LogP contribution in [0.2, 0.25) is 0 Å². The van der Waals surface area contributed by atoms with Crippen LogP contribution in [0.4, 0.5) is 0 Å². The molecule has 1 saturated heterocycles. The van der Waals surface area contributed by atoms with Crippen molar-refractivity contribution in [3.63, 3.8) is 0 Å². The third-order valence-electron chi connectivity index (χ3n) is 10.0. The Labute approximate surface area is 355 Å². The summed E-state index contributed by atoms with van der Waals surface area (Å²) in [6, 6.07) is 6.95. The summed E-state index contributed by atoms with van der Waals surface area (Å²) in [6.45, 7) is 33.5. The van der Waals surface area contributed by atoms with Crippen molar-refractivity contribution in [2.45, 2.75) is 213 Å². The van der Waals surface area contributed by atoms with Gasteiger partial charge in [0.05, 0.1) is 11.1 Å². The second kappa shape index (κ2) is 34.6. The molecule has 4 saturated carbocycles. The van der Waals surface area contributed by atoms with Gasteiger partial charge in [-0.1, -0.05) is 199 Å². The number of benzene rings is 1. The van der Waals surface area contributed by atoms with Crippen LogP contribution < -0.4 is 11.1 Å². The first-order valence-corrected chi connectivity index (χ1v) is 23.7. The van der Waals surface area contributed by atoms with Crippen molar-refractivity contribution in [2.24, 2.45) is 46.7 Å². The minimum Gasteiger partial charge on any atom is -0.370 e. The van der Waals surface area contributed by atoms with Crippen molar-refractivity contribution in [2.75, 3.05) is 19.6 Å². The van der Waals surface area contributed by atoms with Crippen LogP contribution in [0.15, 0.2) is 24.3 Å². The van der Waals surface area contributed by atoms with E-state index in [0.717, 1.165) is 41.9 Å². The molecule has 5 fully saturated rings. The SMILES string of the molecule is CC(C)(C)C.CC(C)C.CC1CC1.CC1CCC1.CC1CCCC1.CC1CCCCC1.CCC(N)=O.CCCN1C(=O)c2ccccc2C1=O.C[C@@H]1CCCNC1. The zero-order valence-electron chi connectivity index (χ0n) is 40.4. The molecule has 0 unspecified atom stereocenters. The maximum Gasteiger partial charge on any atom is 0.261 e. The molecular formula is C51H97N3O3. The number of carbonyl (C=O) groups excluding carboxylic acids is 3. The normalized spacial score (nSPS) is 19.9. The van der Waals surface area contributed by atoms with Crippen LogP contribution in [-0.4, -0.2) is 42.3 Å². The van der Waals surface area contributed by atoms with Crippen LogP contribution >= 0.6 is 0 Å². The van der Waals surface area contributed by atoms with E-state index in [1.165, 1.54) is 121 Å². The summed E-state index contributed by atoms with van der Waals surface area (Å²) in [7, 11) is 0. The summed E-state index contributed by atoms with van der Waals surface area (Å²) in [6.07, 6.45) is 24.9. The Kier molecular flexibility index (Phi) is 34.6. The number of hydrogen-bond acceptors (Lipinski definition) is 4. The van der Waals surface area contributed by atoms with E-state index in [-0.39, 0.29) is 17.7 Å². The summed E-state index contributed by atoms with van der Waals surface area (Å²) < 4.78 is 0. The molecule has 3 amide bonds. The number of carbonyl (C=O) groups is 3. The van der Waals surface area contributed by atoms with Gasteiger partial charge in [0.2, 0.25) is 5.91 Å². The van der Waals surface area contributed by atoms with Crippen molar-refractivity contribution in [3.8, 4) is 0 Å². The molecule has 334 valence electrons. The zero-order chi connectivity index (χ0) is 43.8. The number of amides is 3. The van der Waals surface area contributed by atoms with Crippen molar-refractivity contribution in [1.29, 1.82) is 0 Å². The van der Waals surface area contributed by atoms with Gasteiger partial charge in [0.15, 0.2) is 0 Å². The van der Waals surface area contributed by atoms with Gasteiger partial charge in [-0.25, -0.2) is 0 Å². The van der Waals surface area contributed by atoms with Crippen molar-refractivity contribution >= 4 is 17.7 Å². The highest BCUT2D eigenvalue weighted by Crippen LogP contribution is 2.27. The lowest BCUT2D eigenvalue weighted by molar-refractivity contribution is -0.117. The topological polar surface area (TPSA) is 92.5 Å². The molecule has 0 radical (unpaired) electrons. The van der Waals surface area contributed by atoms with Crippen LogP contribution in [0.1, 0.15) is 233 Å². The van der Waals surface area contributed by atoms with Crippen LogP contribution in [0.25, 0.3) is 0 Å². The van der Waals surface area contributed by atoms with Gasteiger partial charge in [-0.3, -0.25) is 19.3 Å². The summed E-state index contributed by atoms with van der Waals surface area (Å²) in [5.74, 6) is 5.42. The summed E-state index contributed by atoms with van der Waals surface area (Å²) >= 11 is 0. The Morgan fingerprint density at radius 3 is 1.16 bits per heavy atom. The molecular weight excluding hydrogens is 703 g/mol. The minimum absolute atomic E-state index is 0.160. The lowest BCUT2D eigenvalue weighted by Gasteiger charge is -2.18. The first-order chi connectivity index (χ1) is 26.7. The quantitative estimate of drug-likeness (QED) is 0.298. The van der Waals surface area contributed by atoms with E-state index < -0.39 is 0 Å². The second-order valence-corrected chi connectivity index (χ2v) is 20.2. The Morgan fingerprint density at radius 1 is 0.649 bits per heavy atom. The van der Waals surface area contributed by atoms with E-state index in [2.05, 4.69) is 94.1 Å². The molecule has 4 aliphatic carbocycles. The third-order valence-corrected chi connectivity index (χ3v) is 10.0. The maximum absolute atomic E-state index is 11.7. The van der Waals surface area contributed by atoms with Crippen LogP contribution in [0.5, 0.6) is 0 Å². The van der Waals surface area contributed by atoms with Gasteiger partial charge in [0, 0.05) is 13.0 Å². The Hall–Kier alpha value is -2.21. The van der Waals surface area contributed by atoms with Gasteiger partial charge in [-0.05, 0) is 85.4 Å². The van der Waals surface area contributed by atoms with E-state index in [1.807, 2.05) is 6.92 Å². The summed E-state index contributed by atoms with van der Waals surface area (Å²) in [4.78, 5) is 34.3. The number of nitrogens with zero attached hydrogens (tertiary/aromatic N) is 1. The second-order valence-electron chi connectivity index (χ2n) is 20.2. The number of piperidine rings is 1.